The number of nitrogens with one attached hydrogen (secondary N) is 1. The Kier molecular flexibility index (Phi) is 3.91. The molecule has 2 heteroatoms. The van der Waals surface area contributed by atoms with Crippen LogP contribution in [0.15, 0.2) is 18.2 Å². The molecule has 1 N–H and O–H groups in total. The Morgan fingerprint density at radius 1 is 1.26 bits per heavy atom. The lowest BCUT2D eigenvalue weighted by molar-refractivity contribution is 0.163. The number of rotatable bonds is 2. The molecule has 1 heterocycles. The fourth-order valence-corrected chi connectivity index (χ4v) is 2.68. The SMILES string of the molecule is CC(C)NC1CC(C)Oc2ccc(C(C)(C)C)cc21. The first-order valence-corrected chi connectivity index (χ1v) is 7.34. The van der Waals surface area contributed by atoms with Gasteiger partial charge in [-0.1, -0.05) is 40.7 Å². The van der Waals surface area contributed by atoms with Gasteiger partial charge in [0, 0.05) is 24.1 Å². The smallest absolute Gasteiger partial charge is 0.124 e. The van der Waals surface area contributed by atoms with Crippen LogP contribution in [-0.4, -0.2) is 12.1 Å². The second-order valence-corrected chi connectivity index (χ2v) is 7.04. The fourth-order valence-electron chi connectivity index (χ4n) is 2.68. The van der Waals surface area contributed by atoms with Crippen LogP contribution in [-0.2, 0) is 5.41 Å². The summed E-state index contributed by atoms with van der Waals surface area (Å²) in [5, 5.41) is 3.67. The Morgan fingerprint density at radius 3 is 2.53 bits per heavy atom. The molecule has 1 aliphatic rings. The van der Waals surface area contributed by atoms with Crippen LogP contribution in [0.1, 0.15) is 65.1 Å². The quantitative estimate of drug-likeness (QED) is 0.861. The molecule has 0 aliphatic carbocycles. The molecule has 0 amide bonds. The summed E-state index contributed by atoms with van der Waals surface area (Å²) in [6.07, 6.45) is 1.32. The minimum Gasteiger partial charge on any atom is -0.490 e. The van der Waals surface area contributed by atoms with Crippen molar-refractivity contribution in [3.63, 3.8) is 0 Å². The third kappa shape index (κ3) is 3.30. The van der Waals surface area contributed by atoms with Gasteiger partial charge in [0.1, 0.15) is 5.75 Å². The highest BCUT2D eigenvalue weighted by molar-refractivity contribution is 5.43. The molecule has 0 bridgehead atoms. The van der Waals surface area contributed by atoms with Gasteiger partial charge in [-0.3, -0.25) is 0 Å². The first-order chi connectivity index (χ1) is 8.77. The molecule has 106 valence electrons. The normalized spacial score (nSPS) is 23.1. The average Bonchev–Trinajstić information content (AvgIpc) is 2.26. The second-order valence-electron chi connectivity index (χ2n) is 7.04. The van der Waals surface area contributed by atoms with Crippen LogP contribution in [0, 0.1) is 0 Å². The van der Waals surface area contributed by atoms with Crippen LogP contribution in [0.4, 0.5) is 0 Å². The lowest BCUT2D eigenvalue weighted by Crippen LogP contribution is -2.35. The zero-order valence-corrected chi connectivity index (χ0v) is 13.1. The topological polar surface area (TPSA) is 21.3 Å². The largest absolute Gasteiger partial charge is 0.490 e. The molecule has 1 aromatic rings. The molecular weight excluding hydrogens is 234 g/mol. The van der Waals surface area contributed by atoms with Gasteiger partial charge < -0.3 is 10.1 Å². The number of ether oxygens (including phenoxy) is 1. The van der Waals surface area contributed by atoms with Crippen molar-refractivity contribution in [3.8, 4) is 5.75 Å². The molecule has 2 atom stereocenters. The van der Waals surface area contributed by atoms with E-state index in [2.05, 4.69) is 65.1 Å². The highest BCUT2D eigenvalue weighted by Gasteiger charge is 2.27. The summed E-state index contributed by atoms with van der Waals surface area (Å²) < 4.78 is 5.97. The zero-order valence-electron chi connectivity index (χ0n) is 13.1. The molecule has 2 rings (SSSR count). The van der Waals surface area contributed by atoms with Crippen molar-refractivity contribution < 1.29 is 4.74 Å². The van der Waals surface area contributed by atoms with E-state index in [0.717, 1.165) is 12.2 Å². The molecule has 2 unspecified atom stereocenters. The summed E-state index contributed by atoms with van der Waals surface area (Å²) in [7, 11) is 0. The number of hydrogen-bond acceptors (Lipinski definition) is 2. The average molecular weight is 261 g/mol. The van der Waals surface area contributed by atoms with Gasteiger partial charge in [0.2, 0.25) is 0 Å². The van der Waals surface area contributed by atoms with Crippen molar-refractivity contribution in [1.29, 1.82) is 0 Å². The highest BCUT2D eigenvalue weighted by atomic mass is 16.5. The third-order valence-corrected chi connectivity index (χ3v) is 3.68. The Morgan fingerprint density at radius 2 is 1.95 bits per heavy atom. The maximum Gasteiger partial charge on any atom is 0.124 e. The van der Waals surface area contributed by atoms with Crippen LogP contribution < -0.4 is 10.1 Å². The second kappa shape index (κ2) is 5.16. The minimum atomic E-state index is 0.181. The van der Waals surface area contributed by atoms with Gasteiger partial charge in [0.15, 0.2) is 0 Å². The maximum absolute atomic E-state index is 5.97. The standard InChI is InChI=1S/C17H27NO/c1-11(2)18-15-9-12(3)19-16-8-7-13(10-14(15)16)17(4,5)6/h7-8,10-12,15,18H,9H2,1-6H3. The molecule has 1 aliphatic heterocycles. The molecular formula is C17H27NO. The van der Waals surface area contributed by atoms with Crippen molar-refractivity contribution in [1.82, 2.24) is 5.32 Å². The van der Waals surface area contributed by atoms with Crippen molar-refractivity contribution in [2.45, 2.75) is 71.6 Å². The van der Waals surface area contributed by atoms with Crippen molar-refractivity contribution >= 4 is 0 Å². The molecule has 2 nitrogen and oxygen atoms in total. The van der Waals surface area contributed by atoms with E-state index in [1.165, 1.54) is 11.1 Å². The van der Waals surface area contributed by atoms with Crippen LogP contribution in [0.3, 0.4) is 0 Å². The molecule has 0 saturated heterocycles. The predicted octanol–water partition coefficient (Wildman–Crippen LogP) is 4.19. The maximum atomic E-state index is 5.97. The lowest BCUT2D eigenvalue weighted by atomic mass is 9.84. The summed E-state index contributed by atoms with van der Waals surface area (Å²) >= 11 is 0. The Labute approximate surface area is 117 Å². The van der Waals surface area contributed by atoms with E-state index >= 15 is 0 Å². The zero-order chi connectivity index (χ0) is 14.2. The van der Waals surface area contributed by atoms with E-state index < -0.39 is 0 Å². The molecule has 1 aromatic carbocycles. The van der Waals surface area contributed by atoms with Crippen LogP contribution in [0.2, 0.25) is 0 Å². The molecule has 19 heavy (non-hydrogen) atoms. The number of benzene rings is 1. The van der Waals surface area contributed by atoms with E-state index in [9.17, 15) is 0 Å². The third-order valence-electron chi connectivity index (χ3n) is 3.68. The van der Waals surface area contributed by atoms with Gasteiger partial charge in [0.05, 0.1) is 6.10 Å². The van der Waals surface area contributed by atoms with E-state index in [1.54, 1.807) is 0 Å². The molecule has 0 fully saturated rings. The Bertz CT molecular complexity index is 445. The van der Waals surface area contributed by atoms with Crippen LogP contribution in [0.5, 0.6) is 5.75 Å². The van der Waals surface area contributed by atoms with Gasteiger partial charge in [0.25, 0.3) is 0 Å². The fraction of sp³-hybridized carbons (Fsp3) is 0.647. The molecule has 0 spiro atoms. The minimum absolute atomic E-state index is 0.181. The number of hydrogen-bond donors (Lipinski definition) is 1. The highest BCUT2D eigenvalue weighted by Crippen LogP contribution is 2.37. The van der Waals surface area contributed by atoms with Gasteiger partial charge in [-0.25, -0.2) is 0 Å². The van der Waals surface area contributed by atoms with Crippen molar-refractivity contribution in [3.05, 3.63) is 29.3 Å². The lowest BCUT2D eigenvalue weighted by Gasteiger charge is -2.33. The summed E-state index contributed by atoms with van der Waals surface area (Å²) in [5.41, 5.74) is 2.87. The van der Waals surface area contributed by atoms with Gasteiger partial charge >= 0.3 is 0 Å². The van der Waals surface area contributed by atoms with Gasteiger partial charge in [-0.05, 0) is 30.0 Å². The van der Waals surface area contributed by atoms with E-state index in [0.29, 0.717) is 12.1 Å². The summed E-state index contributed by atoms with van der Waals surface area (Å²) in [6.45, 7) is 13.3. The van der Waals surface area contributed by atoms with E-state index in [1.807, 2.05) is 0 Å². The first kappa shape index (κ1) is 14.4. The summed E-state index contributed by atoms with van der Waals surface area (Å²) in [6, 6.07) is 7.55. The number of fused-ring (bicyclic) bond motifs is 1. The monoisotopic (exact) mass is 261 g/mol. The molecule has 0 radical (unpaired) electrons. The summed E-state index contributed by atoms with van der Waals surface area (Å²) in [5.74, 6) is 1.05. The predicted molar refractivity (Wildman–Crippen MR) is 80.9 cm³/mol. The Hall–Kier alpha value is -1.02. The van der Waals surface area contributed by atoms with E-state index in [4.69, 9.17) is 4.74 Å². The van der Waals surface area contributed by atoms with E-state index in [-0.39, 0.29) is 11.5 Å². The van der Waals surface area contributed by atoms with Crippen LogP contribution >= 0.6 is 0 Å². The first-order valence-electron chi connectivity index (χ1n) is 7.34. The van der Waals surface area contributed by atoms with Crippen molar-refractivity contribution in [2.75, 3.05) is 0 Å². The molecule has 0 aromatic heterocycles. The van der Waals surface area contributed by atoms with Gasteiger partial charge in [-0.2, -0.15) is 0 Å². The molecule has 0 saturated carbocycles. The summed E-state index contributed by atoms with van der Waals surface area (Å²) in [4.78, 5) is 0. The Balaban J connectivity index is 2.38. The van der Waals surface area contributed by atoms with Gasteiger partial charge in [-0.15, -0.1) is 0 Å². The van der Waals surface area contributed by atoms with Crippen molar-refractivity contribution in [2.24, 2.45) is 0 Å². The van der Waals surface area contributed by atoms with Crippen LogP contribution in [0.25, 0.3) is 0 Å².